The van der Waals surface area contributed by atoms with Crippen LogP contribution in [0.2, 0.25) is 0 Å². The molecule has 0 unspecified atom stereocenters. The van der Waals surface area contributed by atoms with Gasteiger partial charge in [-0.05, 0) is 35.9 Å². The highest BCUT2D eigenvalue weighted by Gasteiger charge is 2.13. The molecule has 0 aliphatic rings. The molecule has 4 aromatic rings. The Morgan fingerprint density at radius 2 is 1.93 bits per heavy atom. The van der Waals surface area contributed by atoms with Gasteiger partial charge in [0.1, 0.15) is 11.1 Å². The summed E-state index contributed by atoms with van der Waals surface area (Å²) in [5.74, 6) is -1.30. The summed E-state index contributed by atoms with van der Waals surface area (Å²) in [6.07, 6.45) is 1.85. The second-order valence-corrected chi connectivity index (χ2v) is 6.37. The maximum atomic E-state index is 11.8. The smallest absolute Gasteiger partial charge is 0.351 e. The van der Waals surface area contributed by atoms with Crippen molar-refractivity contribution in [3.8, 4) is 0 Å². The number of aromatic nitrogens is 1. The van der Waals surface area contributed by atoms with Crippen molar-refractivity contribution in [1.29, 1.82) is 0 Å². The third-order valence-electron chi connectivity index (χ3n) is 4.46. The summed E-state index contributed by atoms with van der Waals surface area (Å²) in [7, 11) is 1.93. The SMILES string of the molecule is CN(Cc1cnc2ccccc2c1)c1ccc2cc(C(=O)O)c(=O)oc2c1. The summed E-state index contributed by atoms with van der Waals surface area (Å²) < 4.78 is 5.18. The molecule has 2 aromatic carbocycles. The number of pyridine rings is 1. The molecule has 2 aromatic heterocycles. The van der Waals surface area contributed by atoms with Crippen molar-refractivity contribution < 1.29 is 14.3 Å². The lowest BCUT2D eigenvalue weighted by atomic mass is 10.1. The lowest BCUT2D eigenvalue weighted by Crippen LogP contribution is -2.17. The van der Waals surface area contributed by atoms with Crippen molar-refractivity contribution in [3.05, 3.63) is 82.3 Å². The number of hydrogen-bond donors (Lipinski definition) is 1. The molecular formula is C21H16N2O4. The zero-order valence-electron chi connectivity index (χ0n) is 14.5. The van der Waals surface area contributed by atoms with E-state index in [1.165, 1.54) is 6.07 Å². The molecule has 0 aliphatic heterocycles. The van der Waals surface area contributed by atoms with Crippen LogP contribution in [0.15, 0.2) is 70.0 Å². The van der Waals surface area contributed by atoms with Crippen LogP contribution in [0.3, 0.4) is 0 Å². The van der Waals surface area contributed by atoms with E-state index in [2.05, 4.69) is 11.1 Å². The van der Waals surface area contributed by atoms with E-state index in [4.69, 9.17) is 9.52 Å². The van der Waals surface area contributed by atoms with Crippen LogP contribution in [-0.2, 0) is 6.54 Å². The van der Waals surface area contributed by atoms with Crippen LogP contribution in [0.5, 0.6) is 0 Å². The van der Waals surface area contributed by atoms with Crippen molar-refractivity contribution in [1.82, 2.24) is 4.98 Å². The normalized spacial score (nSPS) is 11.0. The fourth-order valence-electron chi connectivity index (χ4n) is 3.05. The largest absolute Gasteiger partial charge is 0.477 e. The minimum Gasteiger partial charge on any atom is -0.477 e. The molecule has 6 nitrogen and oxygen atoms in total. The van der Waals surface area contributed by atoms with Gasteiger partial charge in [0.25, 0.3) is 0 Å². The number of nitrogens with zero attached hydrogens (tertiary/aromatic N) is 2. The summed E-state index contributed by atoms with van der Waals surface area (Å²) in [6.45, 7) is 0.626. The zero-order valence-corrected chi connectivity index (χ0v) is 14.5. The van der Waals surface area contributed by atoms with E-state index in [1.54, 1.807) is 12.1 Å². The molecule has 134 valence electrons. The number of carbonyl (C=O) groups is 1. The number of fused-ring (bicyclic) bond motifs is 2. The number of aromatic carboxylic acids is 1. The Balaban J connectivity index is 1.65. The average molecular weight is 360 g/mol. The number of anilines is 1. The first-order valence-electron chi connectivity index (χ1n) is 8.37. The van der Waals surface area contributed by atoms with Crippen LogP contribution in [-0.4, -0.2) is 23.1 Å². The monoisotopic (exact) mass is 360 g/mol. The van der Waals surface area contributed by atoms with Gasteiger partial charge in [0.2, 0.25) is 0 Å². The number of para-hydroxylation sites is 1. The van der Waals surface area contributed by atoms with Gasteiger partial charge in [0.15, 0.2) is 0 Å². The van der Waals surface area contributed by atoms with Gasteiger partial charge in [0.05, 0.1) is 5.52 Å². The van der Waals surface area contributed by atoms with E-state index in [0.29, 0.717) is 17.5 Å². The van der Waals surface area contributed by atoms with Crippen LogP contribution in [0, 0.1) is 0 Å². The Morgan fingerprint density at radius 3 is 2.74 bits per heavy atom. The fourth-order valence-corrected chi connectivity index (χ4v) is 3.05. The van der Waals surface area contributed by atoms with E-state index < -0.39 is 11.6 Å². The Hall–Kier alpha value is -3.67. The van der Waals surface area contributed by atoms with Gasteiger partial charge >= 0.3 is 11.6 Å². The molecular weight excluding hydrogens is 344 g/mol. The van der Waals surface area contributed by atoms with E-state index in [1.807, 2.05) is 48.5 Å². The van der Waals surface area contributed by atoms with Crippen LogP contribution in [0.1, 0.15) is 15.9 Å². The molecule has 0 saturated heterocycles. The quantitative estimate of drug-likeness (QED) is 0.559. The topological polar surface area (TPSA) is 83.6 Å². The molecule has 0 bridgehead atoms. The molecule has 0 amide bonds. The molecule has 4 rings (SSSR count). The molecule has 2 heterocycles. The third kappa shape index (κ3) is 3.25. The summed E-state index contributed by atoms with van der Waals surface area (Å²) in [4.78, 5) is 29.3. The molecule has 0 spiro atoms. The van der Waals surface area contributed by atoms with Gasteiger partial charge in [-0.2, -0.15) is 0 Å². The molecule has 6 heteroatoms. The Bertz CT molecular complexity index is 1230. The van der Waals surface area contributed by atoms with E-state index >= 15 is 0 Å². The van der Waals surface area contributed by atoms with Gasteiger partial charge in [-0.15, -0.1) is 0 Å². The lowest BCUT2D eigenvalue weighted by molar-refractivity contribution is 0.0692. The Labute approximate surface area is 154 Å². The van der Waals surface area contributed by atoms with E-state index in [0.717, 1.165) is 22.2 Å². The van der Waals surface area contributed by atoms with Crippen molar-refractivity contribution in [2.45, 2.75) is 6.54 Å². The molecule has 1 N–H and O–H groups in total. The average Bonchev–Trinajstić information content (AvgIpc) is 2.66. The highest BCUT2D eigenvalue weighted by molar-refractivity contribution is 5.92. The summed E-state index contributed by atoms with van der Waals surface area (Å²) in [5.41, 5.74) is 1.98. The highest BCUT2D eigenvalue weighted by Crippen LogP contribution is 2.23. The van der Waals surface area contributed by atoms with E-state index in [9.17, 15) is 9.59 Å². The molecule has 0 aliphatic carbocycles. The molecule has 27 heavy (non-hydrogen) atoms. The molecule has 0 radical (unpaired) electrons. The van der Waals surface area contributed by atoms with E-state index in [-0.39, 0.29) is 5.56 Å². The molecule has 0 fully saturated rings. The second kappa shape index (κ2) is 6.57. The number of carboxylic acid groups (broad SMARTS) is 1. The fraction of sp³-hybridized carbons (Fsp3) is 0.0952. The maximum absolute atomic E-state index is 11.8. The van der Waals surface area contributed by atoms with Gasteiger partial charge in [0, 0.05) is 42.3 Å². The molecule has 0 saturated carbocycles. The number of hydrogen-bond acceptors (Lipinski definition) is 5. The Morgan fingerprint density at radius 1 is 1.11 bits per heavy atom. The second-order valence-electron chi connectivity index (χ2n) is 6.37. The van der Waals surface area contributed by atoms with Crippen molar-refractivity contribution in [2.75, 3.05) is 11.9 Å². The summed E-state index contributed by atoms with van der Waals surface area (Å²) in [6, 6.07) is 16.7. The minimum absolute atomic E-state index is 0.353. The van der Waals surface area contributed by atoms with Crippen LogP contribution in [0.25, 0.3) is 21.9 Å². The third-order valence-corrected chi connectivity index (χ3v) is 4.46. The first-order valence-corrected chi connectivity index (χ1v) is 8.37. The van der Waals surface area contributed by atoms with Crippen LogP contribution < -0.4 is 10.5 Å². The summed E-state index contributed by atoms with van der Waals surface area (Å²) >= 11 is 0. The number of rotatable bonds is 4. The maximum Gasteiger partial charge on any atom is 0.351 e. The number of benzene rings is 2. The molecule has 0 atom stereocenters. The standard InChI is InChI=1S/C21H16N2O4/c1-23(12-13-8-14-4-2-3-5-18(14)22-11-13)16-7-6-15-9-17(20(24)25)21(26)27-19(15)10-16/h2-11H,12H2,1H3,(H,24,25). The zero-order chi connectivity index (χ0) is 19.0. The van der Waals surface area contributed by atoms with Crippen molar-refractivity contribution >= 4 is 33.5 Å². The van der Waals surface area contributed by atoms with Crippen molar-refractivity contribution in [2.24, 2.45) is 0 Å². The van der Waals surface area contributed by atoms with Crippen LogP contribution in [0.4, 0.5) is 5.69 Å². The van der Waals surface area contributed by atoms with Crippen molar-refractivity contribution in [3.63, 3.8) is 0 Å². The first kappa shape index (κ1) is 16.8. The van der Waals surface area contributed by atoms with Gasteiger partial charge in [-0.3, -0.25) is 4.98 Å². The van der Waals surface area contributed by atoms with Gasteiger partial charge < -0.3 is 14.4 Å². The summed E-state index contributed by atoms with van der Waals surface area (Å²) in [5, 5.41) is 10.7. The van der Waals surface area contributed by atoms with Crippen LogP contribution >= 0.6 is 0 Å². The highest BCUT2D eigenvalue weighted by atomic mass is 16.4. The number of carboxylic acids is 1. The van der Waals surface area contributed by atoms with Gasteiger partial charge in [-0.1, -0.05) is 18.2 Å². The lowest BCUT2D eigenvalue weighted by Gasteiger charge is -2.19. The predicted octanol–water partition coefficient (Wildman–Crippen LogP) is 3.68. The Kier molecular flexibility index (Phi) is 4.08. The predicted molar refractivity (Wildman–Crippen MR) is 103 cm³/mol. The minimum atomic E-state index is -1.30. The van der Waals surface area contributed by atoms with Gasteiger partial charge in [-0.25, -0.2) is 9.59 Å². The first-order chi connectivity index (χ1) is 13.0.